The van der Waals surface area contributed by atoms with Crippen LogP contribution < -0.4 is 10.1 Å². The van der Waals surface area contributed by atoms with Crippen molar-refractivity contribution in [3.63, 3.8) is 0 Å². The molecule has 7 nitrogen and oxygen atoms in total. The molecule has 2 N–H and O–H groups in total. The van der Waals surface area contributed by atoms with Crippen LogP contribution in [0.5, 0.6) is 5.75 Å². The van der Waals surface area contributed by atoms with Crippen molar-refractivity contribution in [3.05, 3.63) is 28.3 Å². The summed E-state index contributed by atoms with van der Waals surface area (Å²) in [6.45, 7) is 0.657. The number of nitro groups is 1. The summed E-state index contributed by atoms with van der Waals surface area (Å²) in [6.07, 6.45) is -0.147. The van der Waals surface area contributed by atoms with Crippen molar-refractivity contribution in [1.82, 2.24) is 0 Å². The van der Waals surface area contributed by atoms with Gasteiger partial charge in [-0.3, -0.25) is 10.1 Å². The van der Waals surface area contributed by atoms with Crippen molar-refractivity contribution >= 4 is 11.4 Å². The third-order valence-corrected chi connectivity index (χ3v) is 2.55. The van der Waals surface area contributed by atoms with Gasteiger partial charge in [0.05, 0.1) is 30.8 Å². The number of nitrogens with one attached hydrogen (secondary N) is 1. The molecule has 0 aliphatic heterocycles. The molecule has 0 saturated heterocycles. The average Bonchev–Trinajstić information content (AvgIpc) is 2.39. The molecule has 0 radical (unpaired) electrons. The van der Waals surface area contributed by atoms with Crippen molar-refractivity contribution in [2.24, 2.45) is 0 Å². The summed E-state index contributed by atoms with van der Waals surface area (Å²) < 4.78 is 9.74. The van der Waals surface area contributed by atoms with E-state index in [1.54, 1.807) is 12.1 Å². The molecule has 1 aromatic carbocycles. The van der Waals surface area contributed by atoms with Crippen LogP contribution in [0, 0.1) is 10.1 Å². The van der Waals surface area contributed by atoms with Crippen LogP contribution in [0.4, 0.5) is 11.4 Å². The first-order valence-corrected chi connectivity index (χ1v) is 5.81. The number of hydrogen-bond donors (Lipinski definition) is 2. The van der Waals surface area contributed by atoms with Crippen LogP contribution in [0.1, 0.15) is 6.42 Å². The van der Waals surface area contributed by atoms with Crippen LogP contribution in [0.2, 0.25) is 0 Å². The summed E-state index contributed by atoms with van der Waals surface area (Å²) in [7, 11) is 2.96. The number of benzene rings is 1. The zero-order valence-electron chi connectivity index (χ0n) is 11.0. The SMILES string of the molecule is COCC(O)CCNc1ccc(OC)cc1[N+](=O)[O-]. The fourth-order valence-electron chi connectivity index (χ4n) is 1.59. The first kappa shape index (κ1) is 15.2. The molecule has 0 amide bonds. The Kier molecular flexibility index (Phi) is 6.04. The Morgan fingerprint density at radius 1 is 1.47 bits per heavy atom. The maximum atomic E-state index is 10.9. The average molecular weight is 270 g/mol. The number of ether oxygens (including phenoxy) is 2. The summed E-state index contributed by atoms with van der Waals surface area (Å²) in [5.74, 6) is 0.427. The Morgan fingerprint density at radius 3 is 2.79 bits per heavy atom. The molecule has 0 bridgehead atoms. The van der Waals surface area contributed by atoms with Gasteiger partial charge in [-0.2, -0.15) is 0 Å². The number of aliphatic hydroxyl groups excluding tert-OH is 1. The molecule has 1 rings (SSSR count). The van der Waals surface area contributed by atoms with Crippen LogP contribution >= 0.6 is 0 Å². The zero-order valence-corrected chi connectivity index (χ0v) is 11.0. The molecule has 0 spiro atoms. The maximum Gasteiger partial charge on any atom is 0.296 e. The first-order chi connectivity index (χ1) is 9.08. The van der Waals surface area contributed by atoms with Crippen LogP contribution in [0.15, 0.2) is 18.2 Å². The van der Waals surface area contributed by atoms with Gasteiger partial charge in [-0.25, -0.2) is 0 Å². The van der Waals surface area contributed by atoms with Gasteiger partial charge >= 0.3 is 0 Å². The molecule has 106 valence electrons. The molecule has 0 heterocycles. The Morgan fingerprint density at radius 2 is 2.21 bits per heavy atom. The second-order valence-electron chi connectivity index (χ2n) is 3.96. The van der Waals surface area contributed by atoms with E-state index in [1.165, 1.54) is 20.3 Å². The zero-order chi connectivity index (χ0) is 14.3. The normalized spacial score (nSPS) is 11.9. The van der Waals surface area contributed by atoms with E-state index >= 15 is 0 Å². The lowest BCUT2D eigenvalue weighted by atomic mass is 10.2. The molecule has 19 heavy (non-hydrogen) atoms. The van der Waals surface area contributed by atoms with Gasteiger partial charge in [-0.05, 0) is 18.6 Å². The van der Waals surface area contributed by atoms with Gasteiger partial charge in [0.2, 0.25) is 0 Å². The smallest absolute Gasteiger partial charge is 0.296 e. The second-order valence-corrected chi connectivity index (χ2v) is 3.96. The molecular formula is C12H18N2O5. The van der Waals surface area contributed by atoms with E-state index in [9.17, 15) is 15.2 Å². The molecule has 0 aromatic heterocycles. The second kappa shape index (κ2) is 7.55. The van der Waals surface area contributed by atoms with E-state index in [2.05, 4.69) is 5.32 Å². The van der Waals surface area contributed by atoms with Gasteiger partial charge < -0.3 is 19.9 Å². The highest BCUT2D eigenvalue weighted by Crippen LogP contribution is 2.28. The lowest BCUT2D eigenvalue weighted by Gasteiger charge is -2.11. The van der Waals surface area contributed by atoms with Crippen LogP contribution in [-0.2, 0) is 4.74 Å². The summed E-state index contributed by atoms with van der Waals surface area (Å²) >= 11 is 0. The van der Waals surface area contributed by atoms with Gasteiger partial charge in [0.15, 0.2) is 0 Å². The molecule has 1 unspecified atom stereocenters. The molecule has 1 aromatic rings. The number of nitro benzene ring substituents is 1. The van der Waals surface area contributed by atoms with E-state index < -0.39 is 11.0 Å². The monoisotopic (exact) mass is 270 g/mol. The number of aliphatic hydroxyl groups is 1. The van der Waals surface area contributed by atoms with Crippen LogP contribution in [-0.4, -0.2) is 43.5 Å². The quantitative estimate of drug-likeness (QED) is 0.548. The van der Waals surface area contributed by atoms with E-state index in [1.807, 2.05) is 0 Å². The molecular weight excluding hydrogens is 252 g/mol. The highest BCUT2D eigenvalue weighted by molar-refractivity contribution is 5.63. The van der Waals surface area contributed by atoms with Gasteiger partial charge in [-0.1, -0.05) is 0 Å². The van der Waals surface area contributed by atoms with Gasteiger partial charge in [-0.15, -0.1) is 0 Å². The Bertz CT molecular complexity index is 425. The third-order valence-electron chi connectivity index (χ3n) is 2.55. The Labute approximate surface area is 111 Å². The molecule has 0 saturated carbocycles. The highest BCUT2D eigenvalue weighted by Gasteiger charge is 2.15. The lowest BCUT2D eigenvalue weighted by molar-refractivity contribution is -0.384. The predicted molar refractivity (Wildman–Crippen MR) is 70.6 cm³/mol. The first-order valence-electron chi connectivity index (χ1n) is 5.81. The fraction of sp³-hybridized carbons (Fsp3) is 0.500. The number of anilines is 1. The highest BCUT2D eigenvalue weighted by atomic mass is 16.6. The van der Waals surface area contributed by atoms with Crippen molar-refractivity contribution in [1.29, 1.82) is 0 Å². The summed E-state index contributed by atoms with van der Waals surface area (Å²) in [5.41, 5.74) is 0.344. The van der Waals surface area contributed by atoms with Gasteiger partial charge in [0.1, 0.15) is 11.4 Å². The molecule has 0 fully saturated rings. The van der Waals surface area contributed by atoms with E-state index in [-0.39, 0.29) is 12.3 Å². The maximum absolute atomic E-state index is 10.9. The topological polar surface area (TPSA) is 93.9 Å². The van der Waals surface area contributed by atoms with Gasteiger partial charge in [0, 0.05) is 13.7 Å². The largest absolute Gasteiger partial charge is 0.496 e. The fourth-order valence-corrected chi connectivity index (χ4v) is 1.59. The Balaban J connectivity index is 2.64. The molecule has 1 atom stereocenters. The minimum absolute atomic E-state index is 0.0550. The summed E-state index contributed by atoms with van der Waals surface area (Å²) in [6, 6.07) is 4.58. The molecule has 0 aliphatic carbocycles. The minimum Gasteiger partial charge on any atom is -0.496 e. The van der Waals surface area contributed by atoms with E-state index in [0.29, 0.717) is 24.4 Å². The number of methoxy groups -OCH3 is 2. The van der Waals surface area contributed by atoms with Gasteiger partial charge in [0.25, 0.3) is 5.69 Å². The summed E-state index contributed by atoms with van der Waals surface area (Å²) in [4.78, 5) is 10.5. The van der Waals surface area contributed by atoms with Crippen molar-refractivity contribution < 1.29 is 19.5 Å². The molecule has 0 aliphatic rings. The minimum atomic E-state index is -0.588. The van der Waals surface area contributed by atoms with E-state index in [0.717, 1.165) is 0 Å². The van der Waals surface area contributed by atoms with E-state index in [4.69, 9.17) is 9.47 Å². The predicted octanol–water partition coefficient (Wildman–Crippen LogP) is 1.41. The van der Waals surface area contributed by atoms with Crippen molar-refractivity contribution in [3.8, 4) is 5.75 Å². The van der Waals surface area contributed by atoms with Crippen molar-refractivity contribution in [2.75, 3.05) is 32.7 Å². The number of rotatable bonds is 8. The van der Waals surface area contributed by atoms with Crippen molar-refractivity contribution in [2.45, 2.75) is 12.5 Å². The van der Waals surface area contributed by atoms with Crippen LogP contribution in [0.25, 0.3) is 0 Å². The number of nitrogens with zero attached hydrogens (tertiary/aromatic N) is 1. The third kappa shape index (κ3) is 4.72. The summed E-state index contributed by atoms with van der Waals surface area (Å²) in [5, 5.41) is 23.3. The van der Waals surface area contributed by atoms with Crippen LogP contribution in [0.3, 0.4) is 0 Å². The Hall–Kier alpha value is -1.86. The lowest BCUT2D eigenvalue weighted by Crippen LogP contribution is -2.18. The number of hydrogen-bond acceptors (Lipinski definition) is 6. The standard InChI is InChI=1S/C12H18N2O5/c1-18-8-9(15)5-6-13-11-4-3-10(19-2)7-12(11)14(16)17/h3-4,7,9,13,15H,5-6,8H2,1-2H3. The molecule has 7 heteroatoms.